The van der Waals surface area contributed by atoms with E-state index < -0.39 is 0 Å². The molecule has 2 rings (SSSR count). The maximum Gasteiger partial charge on any atom is 0.319 e. The fourth-order valence-corrected chi connectivity index (χ4v) is 1.96. The Hall–Kier alpha value is -2.53. The van der Waals surface area contributed by atoms with Gasteiger partial charge in [-0.2, -0.15) is 0 Å². The van der Waals surface area contributed by atoms with Crippen LogP contribution in [0.3, 0.4) is 0 Å². The van der Waals surface area contributed by atoms with E-state index in [2.05, 4.69) is 10.6 Å². The summed E-state index contributed by atoms with van der Waals surface area (Å²) in [7, 11) is 3.94. The Morgan fingerprint density at radius 1 is 1.00 bits per heavy atom. The highest BCUT2D eigenvalue weighted by Crippen LogP contribution is 2.15. The Bertz CT molecular complexity index is 607. The molecule has 3 N–H and O–H groups in total. The molecule has 0 aliphatic rings. The summed E-state index contributed by atoms with van der Waals surface area (Å²) >= 11 is 0. The van der Waals surface area contributed by atoms with E-state index >= 15 is 0 Å². The molecule has 0 bridgehead atoms. The lowest BCUT2D eigenvalue weighted by Gasteiger charge is -2.13. The number of rotatable bonds is 5. The number of nitrogens with zero attached hydrogens (tertiary/aromatic N) is 1. The molecule has 5 heteroatoms. The van der Waals surface area contributed by atoms with Gasteiger partial charge in [-0.25, -0.2) is 4.79 Å². The summed E-state index contributed by atoms with van der Waals surface area (Å²) in [5, 5.41) is 14.6. The molecule has 22 heavy (non-hydrogen) atoms. The standard InChI is InChI=1S/C17H21N3O2/c1-20(2)16-9-7-15(8-10-16)19-17(22)18-11-13-3-5-14(12-21)6-4-13/h3-10,21H,11-12H2,1-2H3,(H2,18,19,22). The van der Waals surface area contributed by atoms with Crippen LogP contribution in [0.15, 0.2) is 48.5 Å². The Labute approximate surface area is 130 Å². The third-order valence-corrected chi connectivity index (χ3v) is 3.30. The lowest BCUT2D eigenvalue weighted by Crippen LogP contribution is -2.28. The lowest BCUT2D eigenvalue weighted by molar-refractivity contribution is 0.251. The highest BCUT2D eigenvalue weighted by molar-refractivity contribution is 5.89. The van der Waals surface area contributed by atoms with Gasteiger partial charge in [-0.1, -0.05) is 24.3 Å². The van der Waals surface area contributed by atoms with Gasteiger partial charge in [0.05, 0.1) is 6.61 Å². The minimum absolute atomic E-state index is 0.0249. The summed E-state index contributed by atoms with van der Waals surface area (Å²) in [6.45, 7) is 0.463. The number of aliphatic hydroxyl groups excluding tert-OH is 1. The maximum absolute atomic E-state index is 11.9. The molecule has 116 valence electrons. The van der Waals surface area contributed by atoms with E-state index in [0.717, 1.165) is 22.5 Å². The molecule has 0 aromatic heterocycles. The number of nitrogens with one attached hydrogen (secondary N) is 2. The van der Waals surface area contributed by atoms with E-state index in [4.69, 9.17) is 5.11 Å². The van der Waals surface area contributed by atoms with E-state index in [1.54, 1.807) is 0 Å². The van der Waals surface area contributed by atoms with Crippen molar-refractivity contribution in [1.29, 1.82) is 0 Å². The summed E-state index contributed by atoms with van der Waals surface area (Å²) in [6.07, 6.45) is 0. The van der Waals surface area contributed by atoms with Crippen molar-refractivity contribution in [2.75, 3.05) is 24.3 Å². The van der Waals surface area contributed by atoms with Crippen LogP contribution < -0.4 is 15.5 Å². The number of anilines is 2. The Morgan fingerprint density at radius 3 is 2.14 bits per heavy atom. The first-order valence-electron chi connectivity index (χ1n) is 7.09. The number of amides is 2. The molecule has 0 radical (unpaired) electrons. The highest BCUT2D eigenvalue weighted by atomic mass is 16.3. The van der Waals surface area contributed by atoms with Crippen molar-refractivity contribution in [1.82, 2.24) is 5.32 Å². The van der Waals surface area contributed by atoms with Crippen LogP contribution >= 0.6 is 0 Å². The predicted octanol–water partition coefficient (Wildman–Crippen LogP) is 2.57. The number of hydrogen-bond acceptors (Lipinski definition) is 3. The first-order valence-corrected chi connectivity index (χ1v) is 7.09. The van der Waals surface area contributed by atoms with Gasteiger partial charge in [0.2, 0.25) is 0 Å². The van der Waals surface area contributed by atoms with Crippen molar-refractivity contribution in [3.05, 3.63) is 59.7 Å². The van der Waals surface area contributed by atoms with Gasteiger partial charge < -0.3 is 20.6 Å². The van der Waals surface area contributed by atoms with Crippen molar-refractivity contribution in [2.45, 2.75) is 13.2 Å². The van der Waals surface area contributed by atoms with Crippen LogP contribution in [0.4, 0.5) is 16.2 Å². The van der Waals surface area contributed by atoms with E-state index in [0.29, 0.717) is 6.54 Å². The van der Waals surface area contributed by atoms with Crippen molar-refractivity contribution >= 4 is 17.4 Å². The van der Waals surface area contributed by atoms with E-state index in [1.165, 1.54) is 0 Å². The van der Waals surface area contributed by atoms with Crippen LogP contribution in [0.5, 0.6) is 0 Å². The van der Waals surface area contributed by atoms with Crippen molar-refractivity contribution in [2.24, 2.45) is 0 Å². The summed E-state index contributed by atoms with van der Waals surface area (Å²) in [5.41, 5.74) is 3.66. The van der Waals surface area contributed by atoms with Gasteiger partial charge in [0, 0.05) is 32.0 Å². The van der Waals surface area contributed by atoms with Crippen molar-refractivity contribution < 1.29 is 9.90 Å². The van der Waals surface area contributed by atoms with E-state index in [1.807, 2.05) is 67.5 Å². The van der Waals surface area contributed by atoms with Crippen LogP contribution in [0.1, 0.15) is 11.1 Å². The fraction of sp³-hybridized carbons (Fsp3) is 0.235. The van der Waals surface area contributed by atoms with Gasteiger partial charge in [0.15, 0.2) is 0 Å². The number of urea groups is 1. The maximum atomic E-state index is 11.9. The number of hydrogen-bond donors (Lipinski definition) is 3. The molecule has 2 aromatic rings. The number of benzene rings is 2. The summed E-state index contributed by atoms with van der Waals surface area (Å²) < 4.78 is 0. The summed E-state index contributed by atoms with van der Waals surface area (Å²) in [5.74, 6) is 0. The molecule has 0 spiro atoms. The first kappa shape index (κ1) is 15.9. The van der Waals surface area contributed by atoms with Crippen LogP contribution in [0.2, 0.25) is 0 Å². The number of aliphatic hydroxyl groups is 1. The van der Waals surface area contributed by atoms with Crippen LogP contribution in [0, 0.1) is 0 Å². The number of carbonyl (C=O) groups excluding carboxylic acids is 1. The zero-order valence-corrected chi connectivity index (χ0v) is 12.8. The second kappa shape index (κ2) is 7.47. The smallest absolute Gasteiger partial charge is 0.319 e. The van der Waals surface area contributed by atoms with Crippen molar-refractivity contribution in [3.8, 4) is 0 Å². The quantitative estimate of drug-likeness (QED) is 0.795. The molecule has 5 nitrogen and oxygen atoms in total. The van der Waals surface area contributed by atoms with Gasteiger partial charge in [0.1, 0.15) is 0 Å². The summed E-state index contributed by atoms with van der Waals surface area (Å²) in [4.78, 5) is 13.9. The Balaban J connectivity index is 1.84. The number of carbonyl (C=O) groups is 1. The Morgan fingerprint density at radius 2 is 1.59 bits per heavy atom. The monoisotopic (exact) mass is 299 g/mol. The third-order valence-electron chi connectivity index (χ3n) is 3.30. The lowest BCUT2D eigenvalue weighted by atomic mass is 10.1. The molecule has 2 amide bonds. The zero-order valence-electron chi connectivity index (χ0n) is 12.8. The average molecular weight is 299 g/mol. The molecule has 0 atom stereocenters. The minimum Gasteiger partial charge on any atom is -0.392 e. The summed E-state index contributed by atoms with van der Waals surface area (Å²) in [6, 6.07) is 14.8. The molecule has 0 saturated heterocycles. The van der Waals surface area contributed by atoms with Gasteiger partial charge in [-0.15, -0.1) is 0 Å². The molecule has 0 fully saturated rings. The largest absolute Gasteiger partial charge is 0.392 e. The SMILES string of the molecule is CN(C)c1ccc(NC(=O)NCc2ccc(CO)cc2)cc1. The molecular formula is C17H21N3O2. The molecule has 0 heterocycles. The molecule has 0 aliphatic carbocycles. The fourth-order valence-electron chi connectivity index (χ4n) is 1.96. The van der Waals surface area contributed by atoms with Gasteiger partial charge >= 0.3 is 6.03 Å². The van der Waals surface area contributed by atoms with Gasteiger partial charge in [-0.05, 0) is 35.4 Å². The van der Waals surface area contributed by atoms with Crippen LogP contribution in [0.25, 0.3) is 0 Å². The van der Waals surface area contributed by atoms with Gasteiger partial charge in [0.25, 0.3) is 0 Å². The molecule has 0 aliphatic heterocycles. The Kier molecular flexibility index (Phi) is 5.38. The second-order valence-electron chi connectivity index (χ2n) is 5.22. The van der Waals surface area contributed by atoms with Crippen LogP contribution in [-0.2, 0) is 13.2 Å². The highest BCUT2D eigenvalue weighted by Gasteiger charge is 2.02. The molecule has 0 saturated carbocycles. The van der Waals surface area contributed by atoms with Crippen molar-refractivity contribution in [3.63, 3.8) is 0 Å². The van der Waals surface area contributed by atoms with Gasteiger partial charge in [-0.3, -0.25) is 0 Å². The third kappa shape index (κ3) is 4.49. The second-order valence-corrected chi connectivity index (χ2v) is 5.22. The first-order chi connectivity index (χ1) is 10.6. The molecular weight excluding hydrogens is 278 g/mol. The normalized spacial score (nSPS) is 10.1. The molecule has 2 aromatic carbocycles. The minimum atomic E-state index is -0.246. The zero-order chi connectivity index (χ0) is 15.9. The predicted molar refractivity (Wildman–Crippen MR) is 89.0 cm³/mol. The molecule has 0 unspecified atom stereocenters. The average Bonchev–Trinajstić information content (AvgIpc) is 2.54. The topological polar surface area (TPSA) is 64.6 Å². The van der Waals surface area contributed by atoms with Crippen LogP contribution in [-0.4, -0.2) is 25.2 Å². The van der Waals surface area contributed by atoms with E-state index in [-0.39, 0.29) is 12.6 Å². The van der Waals surface area contributed by atoms with E-state index in [9.17, 15) is 4.79 Å².